The molecule has 0 spiro atoms. The van der Waals surface area contributed by atoms with Crippen molar-refractivity contribution in [2.24, 2.45) is 0 Å². The summed E-state index contributed by atoms with van der Waals surface area (Å²) in [5, 5.41) is 3.39. The SMILES string of the molecule is CC1OCCC1N(C)C(=O)c1cccc2c1NCCC2. The number of ether oxygens (including phenoxy) is 1. The highest BCUT2D eigenvalue weighted by Gasteiger charge is 2.32. The van der Waals surface area contributed by atoms with Crippen LogP contribution in [-0.4, -0.2) is 43.2 Å². The summed E-state index contributed by atoms with van der Waals surface area (Å²) in [6.07, 6.45) is 3.23. The predicted molar refractivity (Wildman–Crippen MR) is 79.2 cm³/mol. The van der Waals surface area contributed by atoms with E-state index < -0.39 is 0 Å². The highest BCUT2D eigenvalue weighted by Crippen LogP contribution is 2.28. The number of fused-ring (bicyclic) bond motifs is 1. The molecule has 1 aromatic carbocycles. The molecule has 0 aliphatic carbocycles. The Morgan fingerprint density at radius 2 is 2.30 bits per heavy atom. The van der Waals surface area contributed by atoms with Crippen molar-refractivity contribution in [1.29, 1.82) is 0 Å². The maximum absolute atomic E-state index is 12.8. The molecule has 0 saturated carbocycles. The molecule has 1 amide bonds. The van der Waals surface area contributed by atoms with Gasteiger partial charge in [0.25, 0.3) is 5.91 Å². The molecule has 1 fully saturated rings. The molecule has 2 aliphatic rings. The van der Waals surface area contributed by atoms with E-state index >= 15 is 0 Å². The average molecular weight is 274 g/mol. The molecular formula is C16H22N2O2. The minimum Gasteiger partial charge on any atom is -0.384 e. The number of hydrogen-bond acceptors (Lipinski definition) is 3. The van der Waals surface area contributed by atoms with Crippen molar-refractivity contribution in [2.45, 2.75) is 38.3 Å². The van der Waals surface area contributed by atoms with Gasteiger partial charge in [0.15, 0.2) is 0 Å². The second kappa shape index (κ2) is 5.44. The minimum absolute atomic E-state index is 0.0959. The molecule has 108 valence electrons. The molecule has 4 heteroatoms. The number of para-hydroxylation sites is 1. The second-order valence-corrected chi connectivity index (χ2v) is 5.72. The van der Waals surface area contributed by atoms with Gasteiger partial charge in [-0.1, -0.05) is 12.1 Å². The van der Waals surface area contributed by atoms with E-state index in [4.69, 9.17) is 4.74 Å². The third-order valence-electron chi connectivity index (χ3n) is 4.46. The Bertz CT molecular complexity index is 515. The van der Waals surface area contributed by atoms with Crippen LogP contribution in [0.4, 0.5) is 5.69 Å². The van der Waals surface area contributed by atoms with E-state index in [0.29, 0.717) is 0 Å². The smallest absolute Gasteiger partial charge is 0.256 e. The third kappa shape index (κ3) is 2.29. The van der Waals surface area contributed by atoms with Crippen LogP contribution < -0.4 is 5.32 Å². The van der Waals surface area contributed by atoms with Crippen LogP contribution in [0.1, 0.15) is 35.7 Å². The highest BCUT2D eigenvalue weighted by atomic mass is 16.5. The van der Waals surface area contributed by atoms with Gasteiger partial charge in [0, 0.05) is 20.2 Å². The number of nitrogens with one attached hydrogen (secondary N) is 1. The summed E-state index contributed by atoms with van der Waals surface area (Å²) in [6.45, 7) is 3.73. The Morgan fingerprint density at radius 1 is 1.45 bits per heavy atom. The van der Waals surface area contributed by atoms with Gasteiger partial charge in [0.05, 0.1) is 23.4 Å². The van der Waals surface area contributed by atoms with Crippen LogP contribution in [0.25, 0.3) is 0 Å². The summed E-state index contributed by atoms with van der Waals surface area (Å²) in [6, 6.07) is 6.21. The zero-order valence-corrected chi connectivity index (χ0v) is 12.2. The van der Waals surface area contributed by atoms with E-state index in [-0.39, 0.29) is 18.1 Å². The topological polar surface area (TPSA) is 41.6 Å². The summed E-state index contributed by atoms with van der Waals surface area (Å²) >= 11 is 0. The number of anilines is 1. The summed E-state index contributed by atoms with van der Waals surface area (Å²) in [4.78, 5) is 14.6. The fraction of sp³-hybridized carbons (Fsp3) is 0.562. The molecular weight excluding hydrogens is 252 g/mol. The first-order valence-corrected chi connectivity index (χ1v) is 7.43. The number of nitrogens with zero attached hydrogens (tertiary/aromatic N) is 1. The molecule has 1 saturated heterocycles. The fourth-order valence-corrected chi connectivity index (χ4v) is 3.26. The van der Waals surface area contributed by atoms with Crippen LogP contribution in [0.2, 0.25) is 0 Å². The van der Waals surface area contributed by atoms with Gasteiger partial charge in [-0.15, -0.1) is 0 Å². The van der Waals surface area contributed by atoms with E-state index in [0.717, 1.165) is 43.7 Å². The van der Waals surface area contributed by atoms with Crippen LogP contribution in [0.5, 0.6) is 0 Å². The summed E-state index contributed by atoms with van der Waals surface area (Å²) in [5.74, 6) is 0.0959. The second-order valence-electron chi connectivity index (χ2n) is 5.72. The average Bonchev–Trinajstić information content (AvgIpc) is 2.91. The Morgan fingerprint density at radius 3 is 3.05 bits per heavy atom. The quantitative estimate of drug-likeness (QED) is 0.899. The first kappa shape index (κ1) is 13.4. The molecule has 3 rings (SSSR count). The van der Waals surface area contributed by atoms with E-state index in [9.17, 15) is 4.79 Å². The molecule has 2 aliphatic heterocycles. The molecule has 1 N–H and O–H groups in total. The number of carbonyl (C=O) groups is 1. The monoisotopic (exact) mass is 274 g/mol. The summed E-state index contributed by atoms with van der Waals surface area (Å²) in [5.41, 5.74) is 3.08. The Hall–Kier alpha value is -1.55. The van der Waals surface area contributed by atoms with Crippen molar-refractivity contribution in [3.63, 3.8) is 0 Å². The van der Waals surface area contributed by atoms with Crippen LogP contribution in [-0.2, 0) is 11.2 Å². The lowest BCUT2D eigenvalue weighted by molar-refractivity contribution is 0.0575. The number of hydrogen-bond donors (Lipinski definition) is 1. The Balaban J connectivity index is 1.87. The Kier molecular flexibility index (Phi) is 3.66. The van der Waals surface area contributed by atoms with Gasteiger partial charge in [-0.3, -0.25) is 4.79 Å². The van der Waals surface area contributed by atoms with Gasteiger partial charge >= 0.3 is 0 Å². The van der Waals surface area contributed by atoms with Gasteiger partial charge in [-0.2, -0.15) is 0 Å². The number of likely N-dealkylation sites (N-methyl/N-ethyl adjacent to an activating group) is 1. The molecule has 4 nitrogen and oxygen atoms in total. The maximum atomic E-state index is 12.8. The summed E-state index contributed by atoms with van der Waals surface area (Å²) < 4.78 is 5.58. The van der Waals surface area contributed by atoms with Crippen LogP contribution >= 0.6 is 0 Å². The molecule has 2 unspecified atom stereocenters. The van der Waals surface area contributed by atoms with Crippen LogP contribution in [0.3, 0.4) is 0 Å². The van der Waals surface area contributed by atoms with Crippen molar-refractivity contribution in [2.75, 3.05) is 25.5 Å². The van der Waals surface area contributed by atoms with Gasteiger partial charge < -0.3 is 15.0 Å². The summed E-state index contributed by atoms with van der Waals surface area (Å²) in [7, 11) is 1.89. The van der Waals surface area contributed by atoms with E-state index in [2.05, 4.69) is 11.4 Å². The third-order valence-corrected chi connectivity index (χ3v) is 4.46. The number of carbonyl (C=O) groups excluding carboxylic acids is 1. The first-order valence-electron chi connectivity index (χ1n) is 7.43. The first-order chi connectivity index (χ1) is 9.68. The van der Waals surface area contributed by atoms with Crippen LogP contribution in [0, 0.1) is 0 Å². The van der Waals surface area contributed by atoms with Crippen molar-refractivity contribution in [3.8, 4) is 0 Å². The number of amides is 1. The molecule has 20 heavy (non-hydrogen) atoms. The lowest BCUT2D eigenvalue weighted by atomic mass is 9.98. The lowest BCUT2D eigenvalue weighted by Crippen LogP contribution is -2.41. The van der Waals surface area contributed by atoms with E-state index in [1.807, 2.05) is 31.0 Å². The van der Waals surface area contributed by atoms with Crippen molar-refractivity contribution >= 4 is 11.6 Å². The van der Waals surface area contributed by atoms with Gasteiger partial charge in [-0.25, -0.2) is 0 Å². The normalized spacial score (nSPS) is 24.9. The highest BCUT2D eigenvalue weighted by molar-refractivity contribution is 6.00. The van der Waals surface area contributed by atoms with Crippen molar-refractivity contribution in [3.05, 3.63) is 29.3 Å². The number of rotatable bonds is 2. The van der Waals surface area contributed by atoms with Crippen molar-refractivity contribution < 1.29 is 9.53 Å². The maximum Gasteiger partial charge on any atom is 0.256 e. The molecule has 0 bridgehead atoms. The number of benzene rings is 1. The van der Waals surface area contributed by atoms with E-state index in [1.165, 1.54) is 5.56 Å². The molecule has 2 heterocycles. The standard InChI is InChI=1S/C16H22N2O2/c1-11-14(8-10-20-11)18(2)16(19)13-7-3-5-12-6-4-9-17-15(12)13/h3,5,7,11,14,17H,4,6,8-10H2,1-2H3. The predicted octanol–water partition coefficient (Wildman–Crippen LogP) is 2.29. The molecule has 0 radical (unpaired) electrons. The zero-order valence-electron chi connectivity index (χ0n) is 12.2. The number of aryl methyl sites for hydroxylation is 1. The van der Waals surface area contributed by atoms with Gasteiger partial charge in [0.1, 0.15) is 0 Å². The lowest BCUT2D eigenvalue weighted by Gasteiger charge is -2.29. The van der Waals surface area contributed by atoms with E-state index in [1.54, 1.807) is 0 Å². The molecule has 0 aromatic heterocycles. The van der Waals surface area contributed by atoms with Gasteiger partial charge in [0.2, 0.25) is 0 Å². The molecule has 2 atom stereocenters. The largest absolute Gasteiger partial charge is 0.384 e. The Labute approximate surface area is 120 Å². The minimum atomic E-state index is 0.0959. The zero-order chi connectivity index (χ0) is 14.1. The fourth-order valence-electron chi connectivity index (χ4n) is 3.26. The van der Waals surface area contributed by atoms with Gasteiger partial charge in [-0.05, 0) is 37.8 Å². The van der Waals surface area contributed by atoms with Crippen LogP contribution in [0.15, 0.2) is 18.2 Å². The molecule has 1 aromatic rings. The van der Waals surface area contributed by atoms with Crippen molar-refractivity contribution in [1.82, 2.24) is 4.90 Å².